The van der Waals surface area contributed by atoms with Crippen LogP contribution in [0, 0.1) is 0 Å². The van der Waals surface area contributed by atoms with Crippen molar-refractivity contribution in [2.45, 2.75) is 44.6 Å². The van der Waals surface area contributed by atoms with Crippen molar-refractivity contribution in [2.24, 2.45) is 0 Å². The molecule has 0 spiro atoms. The molecule has 16 heavy (non-hydrogen) atoms. The van der Waals surface area contributed by atoms with E-state index in [9.17, 15) is 0 Å². The molecule has 1 aromatic rings. The minimum absolute atomic E-state index is 0.490. The summed E-state index contributed by atoms with van der Waals surface area (Å²) in [6.45, 7) is 2.16. The molecule has 1 aliphatic heterocycles. The summed E-state index contributed by atoms with van der Waals surface area (Å²) in [6, 6.07) is 0.490. The average Bonchev–Trinajstić information content (AvgIpc) is 2.97. The lowest BCUT2D eigenvalue weighted by Gasteiger charge is -2.12. The zero-order valence-corrected chi connectivity index (χ0v) is 9.60. The summed E-state index contributed by atoms with van der Waals surface area (Å²) >= 11 is 0. The zero-order chi connectivity index (χ0) is 11.0. The van der Waals surface area contributed by atoms with Crippen molar-refractivity contribution in [3.63, 3.8) is 0 Å². The topological polar surface area (TPSA) is 60.0 Å². The minimum atomic E-state index is 0.490. The van der Waals surface area contributed by atoms with Crippen molar-refractivity contribution in [3.05, 3.63) is 0 Å². The van der Waals surface area contributed by atoms with Gasteiger partial charge in [0.1, 0.15) is 0 Å². The minimum Gasteiger partial charge on any atom is -0.368 e. The highest BCUT2D eigenvalue weighted by Gasteiger charge is 2.23. The van der Waals surface area contributed by atoms with Crippen LogP contribution in [0.2, 0.25) is 0 Å². The Hall–Kier alpha value is -1.26. The Morgan fingerprint density at radius 2 is 1.75 bits per heavy atom. The van der Waals surface area contributed by atoms with E-state index >= 15 is 0 Å². The Labute approximate surface area is 95.6 Å². The molecule has 1 saturated carbocycles. The van der Waals surface area contributed by atoms with Gasteiger partial charge in [0.25, 0.3) is 0 Å². The van der Waals surface area contributed by atoms with Crippen molar-refractivity contribution in [3.8, 4) is 0 Å². The molecule has 5 nitrogen and oxygen atoms in total. The first-order valence-electron chi connectivity index (χ1n) is 6.31. The Morgan fingerprint density at radius 1 is 1.06 bits per heavy atom. The molecule has 0 unspecified atom stereocenters. The van der Waals surface area contributed by atoms with E-state index in [0.29, 0.717) is 12.0 Å². The maximum Gasteiger partial charge on any atom is 0.246 e. The lowest BCUT2D eigenvalue weighted by Crippen LogP contribution is -2.19. The number of hydrogen-bond donors (Lipinski definition) is 1. The number of anilines is 2. The Balaban J connectivity index is 1.83. The number of nitrogens with zero attached hydrogens (tertiary/aromatic N) is 4. The highest BCUT2D eigenvalue weighted by atomic mass is 15.5. The lowest BCUT2D eigenvalue weighted by molar-refractivity contribution is 0.473. The standard InChI is InChI=1S/C11H19N5/c12-10-13-11(15-7-3-4-8-15)14-16(10)9-5-1-2-6-9/h9H,1-8H2,(H2,12,13,14). The fraction of sp³-hybridized carbons (Fsp3) is 0.818. The SMILES string of the molecule is Nc1nc(N2CCCC2)nn1C1CCCC1. The van der Waals surface area contributed by atoms with E-state index in [1.807, 2.05) is 4.68 Å². The van der Waals surface area contributed by atoms with Crippen LogP contribution < -0.4 is 10.6 Å². The van der Waals surface area contributed by atoms with Crippen molar-refractivity contribution >= 4 is 11.9 Å². The van der Waals surface area contributed by atoms with Crippen LogP contribution in [0.15, 0.2) is 0 Å². The van der Waals surface area contributed by atoms with Gasteiger partial charge in [0.2, 0.25) is 11.9 Å². The quantitative estimate of drug-likeness (QED) is 0.823. The highest BCUT2D eigenvalue weighted by molar-refractivity contribution is 5.36. The van der Waals surface area contributed by atoms with E-state index in [4.69, 9.17) is 5.73 Å². The van der Waals surface area contributed by atoms with Gasteiger partial charge in [-0.25, -0.2) is 4.68 Å². The first-order chi connectivity index (χ1) is 7.84. The van der Waals surface area contributed by atoms with Crippen LogP contribution >= 0.6 is 0 Å². The molecule has 5 heteroatoms. The third kappa shape index (κ3) is 1.64. The number of rotatable bonds is 2. The summed E-state index contributed by atoms with van der Waals surface area (Å²) in [6.07, 6.45) is 7.49. The molecule has 2 fully saturated rings. The van der Waals surface area contributed by atoms with Gasteiger partial charge in [-0.1, -0.05) is 12.8 Å². The predicted octanol–water partition coefficient (Wildman–Crippen LogP) is 1.58. The second kappa shape index (κ2) is 3.96. The third-order valence-corrected chi connectivity index (χ3v) is 3.71. The molecule has 0 radical (unpaired) electrons. The van der Waals surface area contributed by atoms with Gasteiger partial charge < -0.3 is 10.6 Å². The van der Waals surface area contributed by atoms with Crippen LogP contribution in [0.1, 0.15) is 44.6 Å². The Kier molecular flexibility index (Phi) is 2.46. The van der Waals surface area contributed by atoms with E-state index in [-0.39, 0.29) is 0 Å². The molecule has 2 N–H and O–H groups in total. The fourth-order valence-electron chi connectivity index (χ4n) is 2.79. The van der Waals surface area contributed by atoms with Gasteiger partial charge in [0, 0.05) is 13.1 Å². The van der Waals surface area contributed by atoms with Crippen molar-refractivity contribution in [1.82, 2.24) is 14.8 Å². The second-order valence-electron chi connectivity index (χ2n) is 4.85. The summed E-state index contributed by atoms with van der Waals surface area (Å²) in [4.78, 5) is 6.63. The van der Waals surface area contributed by atoms with E-state index < -0.39 is 0 Å². The molecule has 1 saturated heterocycles. The molecular formula is C11H19N5. The van der Waals surface area contributed by atoms with Crippen molar-refractivity contribution < 1.29 is 0 Å². The van der Waals surface area contributed by atoms with Gasteiger partial charge in [0.15, 0.2) is 0 Å². The first kappa shape index (κ1) is 9.93. The summed E-state index contributed by atoms with van der Waals surface area (Å²) in [5.41, 5.74) is 5.95. The summed E-state index contributed by atoms with van der Waals surface area (Å²) < 4.78 is 1.95. The molecule has 2 aliphatic rings. The lowest BCUT2D eigenvalue weighted by atomic mass is 10.3. The number of nitrogen functional groups attached to an aromatic ring is 1. The zero-order valence-electron chi connectivity index (χ0n) is 9.60. The normalized spacial score (nSPS) is 22.1. The summed E-state index contributed by atoms with van der Waals surface area (Å²) in [5, 5.41) is 4.58. The monoisotopic (exact) mass is 221 g/mol. The van der Waals surface area contributed by atoms with E-state index in [1.54, 1.807) is 0 Å². The molecule has 2 heterocycles. The van der Waals surface area contributed by atoms with E-state index in [1.165, 1.54) is 38.5 Å². The average molecular weight is 221 g/mol. The third-order valence-electron chi connectivity index (χ3n) is 3.71. The molecule has 0 atom stereocenters. The van der Waals surface area contributed by atoms with Gasteiger partial charge in [-0.2, -0.15) is 4.98 Å². The van der Waals surface area contributed by atoms with Gasteiger partial charge in [-0.15, -0.1) is 5.10 Å². The van der Waals surface area contributed by atoms with Crippen LogP contribution in [0.25, 0.3) is 0 Å². The Morgan fingerprint density at radius 3 is 2.44 bits per heavy atom. The Bertz CT molecular complexity index is 360. The molecule has 1 aliphatic carbocycles. The fourth-order valence-corrected chi connectivity index (χ4v) is 2.79. The molecule has 0 aromatic carbocycles. The maximum absolute atomic E-state index is 5.95. The van der Waals surface area contributed by atoms with Gasteiger partial charge in [0.05, 0.1) is 6.04 Å². The van der Waals surface area contributed by atoms with E-state index in [0.717, 1.165) is 19.0 Å². The number of nitrogens with two attached hydrogens (primary N) is 1. The first-order valence-corrected chi connectivity index (χ1v) is 6.31. The van der Waals surface area contributed by atoms with Gasteiger partial charge in [-0.3, -0.25) is 0 Å². The summed E-state index contributed by atoms with van der Waals surface area (Å²) in [7, 11) is 0. The predicted molar refractivity (Wildman–Crippen MR) is 63.4 cm³/mol. The molecule has 1 aromatic heterocycles. The van der Waals surface area contributed by atoms with E-state index in [2.05, 4.69) is 15.0 Å². The van der Waals surface area contributed by atoms with Crippen molar-refractivity contribution in [2.75, 3.05) is 23.7 Å². The van der Waals surface area contributed by atoms with Crippen LogP contribution in [0.3, 0.4) is 0 Å². The maximum atomic E-state index is 5.95. The van der Waals surface area contributed by atoms with Gasteiger partial charge in [-0.05, 0) is 25.7 Å². The highest BCUT2D eigenvalue weighted by Crippen LogP contribution is 2.31. The molecular weight excluding hydrogens is 202 g/mol. The second-order valence-corrected chi connectivity index (χ2v) is 4.85. The van der Waals surface area contributed by atoms with Crippen LogP contribution in [-0.2, 0) is 0 Å². The number of hydrogen-bond acceptors (Lipinski definition) is 4. The van der Waals surface area contributed by atoms with Gasteiger partial charge >= 0.3 is 0 Å². The van der Waals surface area contributed by atoms with Crippen molar-refractivity contribution in [1.29, 1.82) is 0 Å². The molecule has 88 valence electrons. The van der Waals surface area contributed by atoms with Crippen LogP contribution in [0.4, 0.5) is 11.9 Å². The van der Waals surface area contributed by atoms with Crippen LogP contribution in [-0.4, -0.2) is 27.9 Å². The van der Waals surface area contributed by atoms with Crippen LogP contribution in [0.5, 0.6) is 0 Å². The number of aromatic nitrogens is 3. The summed E-state index contributed by atoms with van der Waals surface area (Å²) in [5.74, 6) is 1.43. The largest absolute Gasteiger partial charge is 0.368 e. The molecule has 0 amide bonds. The molecule has 3 rings (SSSR count). The molecule has 0 bridgehead atoms. The smallest absolute Gasteiger partial charge is 0.246 e.